The molecule has 1 aliphatic rings. The lowest BCUT2D eigenvalue weighted by Crippen LogP contribution is -2.34. The fourth-order valence-corrected chi connectivity index (χ4v) is 3.31. The zero-order chi connectivity index (χ0) is 14.9. The topological polar surface area (TPSA) is 55.0 Å². The third kappa shape index (κ3) is 3.84. The minimum absolute atomic E-state index is 0.137. The first-order valence-corrected chi connectivity index (χ1v) is 7.53. The van der Waals surface area contributed by atoms with Crippen molar-refractivity contribution >= 4 is 0 Å². The van der Waals surface area contributed by atoms with Crippen LogP contribution in [0.5, 0.6) is 5.88 Å². The summed E-state index contributed by atoms with van der Waals surface area (Å²) in [7, 11) is 0. The number of aromatic amines is 1. The van der Waals surface area contributed by atoms with Gasteiger partial charge in [-0.2, -0.15) is 4.98 Å². The molecule has 2 rings (SSSR count). The van der Waals surface area contributed by atoms with Crippen molar-refractivity contribution in [3.63, 3.8) is 0 Å². The molecule has 4 nitrogen and oxygen atoms in total. The molecule has 112 valence electrons. The van der Waals surface area contributed by atoms with E-state index in [1.165, 1.54) is 12.5 Å². The number of nitrogens with one attached hydrogen (secondary N) is 1. The van der Waals surface area contributed by atoms with Crippen LogP contribution in [-0.4, -0.2) is 16.1 Å². The van der Waals surface area contributed by atoms with Gasteiger partial charge >= 0.3 is 0 Å². The van der Waals surface area contributed by atoms with Gasteiger partial charge < -0.3 is 9.72 Å². The molecule has 1 heterocycles. The summed E-state index contributed by atoms with van der Waals surface area (Å²) >= 11 is 0. The molecule has 1 aliphatic carbocycles. The molecule has 0 spiro atoms. The average molecular weight is 278 g/mol. The highest BCUT2D eigenvalue weighted by atomic mass is 16.5. The van der Waals surface area contributed by atoms with E-state index >= 15 is 0 Å². The SMILES string of the molecule is CC1CC(Oc2cc(=O)[nH]c(C(C)C)n2)CC(C)(C)C1. The van der Waals surface area contributed by atoms with Crippen LogP contribution < -0.4 is 10.3 Å². The van der Waals surface area contributed by atoms with E-state index in [1.807, 2.05) is 13.8 Å². The van der Waals surface area contributed by atoms with Gasteiger partial charge in [-0.3, -0.25) is 4.79 Å². The molecule has 0 radical (unpaired) electrons. The minimum atomic E-state index is -0.137. The maximum absolute atomic E-state index is 11.7. The summed E-state index contributed by atoms with van der Waals surface area (Å²) < 4.78 is 6.00. The lowest BCUT2D eigenvalue weighted by atomic mass is 9.71. The Morgan fingerprint density at radius 3 is 2.70 bits per heavy atom. The molecule has 0 aliphatic heterocycles. The van der Waals surface area contributed by atoms with Crippen molar-refractivity contribution in [1.82, 2.24) is 9.97 Å². The second kappa shape index (κ2) is 5.58. The number of aromatic nitrogens is 2. The second-order valence-corrected chi connectivity index (χ2v) is 7.28. The zero-order valence-electron chi connectivity index (χ0n) is 13.2. The Morgan fingerprint density at radius 1 is 1.40 bits per heavy atom. The van der Waals surface area contributed by atoms with Gasteiger partial charge in [0.25, 0.3) is 5.56 Å². The Kier molecular flexibility index (Phi) is 4.21. The van der Waals surface area contributed by atoms with E-state index in [4.69, 9.17) is 4.74 Å². The third-order valence-corrected chi connectivity index (χ3v) is 3.92. The molecule has 2 atom stereocenters. The average Bonchev–Trinajstić information content (AvgIpc) is 2.24. The third-order valence-electron chi connectivity index (χ3n) is 3.92. The van der Waals surface area contributed by atoms with Crippen molar-refractivity contribution < 1.29 is 4.74 Å². The van der Waals surface area contributed by atoms with Gasteiger partial charge in [-0.25, -0.2) is 0 Å². The van der Waals surface area contributed by atoms with Crippen molar-refractivity contribution in [1.29, 1.82) is 0 Å². The molecule has 4 heteroatoms. The number of nitrogens with zero attached hydrogens (tertiary/aromatic N) is 1. The Hall–Kier alpha value is -1.32. The maximum atomic E-state index is 11.7. The predicted molar refractivity (Wildman–Crippen MR) is 80.2 cm³/mol. The van der Waals surface area contributed by atoms with E-state index < -0.39 is 0 Å². The van der Waals surface area contributed by atoms with E-state index in [0.29, 0.717) is 23.0 Å². The predicted octanol–water partition coefficient (Wildman–Crippen LogP) is 3.49. The summed E-state index contributed by atoms with van der Waals surface area (Å²) in [4.78, 5) is 18.9. The van der Waals surface area contributed by atoms with Gasteiger partial charge in [-0.05, 0) is 30.6 Å². The Balaban J connectivity index is 2.15. The fourth-order valence-electron chi connectivity index (χ4n) is 3.31. The van der Waals surface area contributed by atoms with Gasteiger partial charge in [0.15, 0.2) is 0 Å². The monoisotopic (exact) mass is 278 g/mol. The number of ether oxygens (including phenoxy) is 1. The Labute approximate surface area is 121 Å². The second-order valence-electron chi connectivity index (χ2n) is 7.28. The fraction of sp³-hybridized carbons (Fsp3) is 0.750. The minimum Gasteiger partial charge on any atom is -0.474 e. The van der Waals surface area contributed by atoms with Crippen molar-refractivity contribution in [2.45, 2.75) is 65.9 Å². The molecule has 0 amide bonds. The van der Waals surface area contributed by atoms with Crippen molar-refractivity contribution in [3.8, 4) is 5.88 Å². The van der Waals surface area contributed by atoms with Gasteiger partial charge in [0.2, 0.25) is 5.88 Å². The molecule has 0 saturated heterocycles. The summed E-state index contributed by atoms with van der Waals surface area (Å²) in [6, 6.07) is 1.46. The summed E-state index contributed by atoms with van der Waals surface area (Å²) in [5, 5.41) is 0. The maximum Gasteiger partial charge on any atom is 0.254 e. The van der Waals surface area contributed by atoms with Crippen LogP contribution in [0.3, 0.4) is 0 Å². The van der Waals surface area contributed by atoms with Crippen LogP contribution in [0.15, 0.2) is 10.9 Å². The van der Waals surface area contributed by atoms with E-state index in [1.54, 1.807) is 0 Å². The van der Waals surface area contributed by atoms with Crippen molar-refractivity contribution in [2.24, 2.45) is 11.3 Å². The van der Waals surface area contributed by atoms with Crippen LogP contribution in [-0.2, 0) is 0 Å². The van der Waals surface area contributed by atoms with Crippen LogP contribution in [0, 0.1) is 11.3 Å². The normalized spacial score (nSPS) is 25.7. The summed E-state index contributed by atoms with van der Waals surface area (Å²) in [5.74, 6) is 1.99. The molecule has 1 fully saturated rings. The van der Waals surface area contributed by atoms with Gasteiger partial charge in [-0.15, -0.1) is 0 Å². The van der Waals surface area contributed by atoms with Crippen LogP contribution in [0.25, 0.3) is 0 Å². The van der Waals surface area contributed by atoms with Crippen molar-refractivity contribution in [3.05, 3.63) is 22.2 Å². The molecule has 1 aromatic rings. The van der Waals surface area contributed by atoms with Crippen molar-refractivity contribution in [2.75, 3.05) is 0 Å². The summed E-state index contributed by atoms with van der Waals surface area (Å²) in [6.07, 6.45) is 3.44. The van der Waals surface area contributed by atoms with Gasteiger partial charge in [0.05, 0.1) is 6.07 Å². The highest BCUT2D eigenvalue weighted by Gasteiger charge is 2.33. The Morgan fingerprint density at radius 2 is 2.10 bits per heavy atom. The van der Waals surface area contributed by atoms with Gasteiger partial charge in [0.1, 0.15) is 11.9 Å². The Bertz CT molecular complexity index is 519. The molecule has 0 bridgehead atoms. The molecule has 2 unspecified atom stereocenters. The van der Waals surface area contributed by atoms with Crippen LogP contribution in [0.1, 0.15) is 65.6 Å². The quantitative estimate of drug-likeness (QED) is 0.920. The first-order chi connectivity index (χ1) is 9.25. The molecule has 1 N–H and O–H groups in total. The van der Waals surface area contributed by atoms with Crippen LogP contribution >= 0.6 is 0 Å². The summed E-state index contributed by atoms with van der Waals surface area (Å²) in [5.41, 5.74) is 0.159. The number of H-pyrrole nitrogens is 1. The lowest BCUT2D eigenvalue weighted by Gasteiger charge is -2.38. The van der Waals surface area contributed by atoms with E-state index in [2.05, 4.69) is 30.7 Å². The first-order valence-electron chi connectivity index (χ1n) is 7.53. The van der Waals surface area contributed by atoms with Crippen LogP contribution in [0.4, 0.5) is 0 Å². The number of hydrogen-bond acceptors (Lipinski definition) is 3. The lowest BCUT2D eigenvalue weighted by molar-refractivity contribution is 0.0529. The van der Waals surface area contributed by atoms with Gasteiger partial charge in [0, 0.05) is 5.92 Å². The highest BCUT2D eigenvalue weighted by molar-refractivity contribution is 5.11. The zero-order valence-corrected chi connectivity index (χ0v) is 13.2. The standard InChI is InChI=1S/C16H26N2O2/c1-10(2)15-17-13(19)7-14(18-15)20-12-6-11(3)8-16(4,5)9-12/h7,10-12H,6,8-9H2,1-5H3,(H,17,18,19). The highest BCUT2D eigenvalue weighted by Crippen LogP contribution is 2.39. The van der Waals surface area contributed by atoms with E-state index in [0.717, 1.165) is 12.8 Å². The van der Waals surface area contributed by atoms with E-state index in [-0.39, 0.29) is 17.6 Å². The number of rotatable bonds is 3. The number of hydrogen-bond donors (Lipinski definition) is 1. The largest absolute Gasteiger partial charge is 0.474 e. The molecule has 20 heavy (non-hydrogen) atoms. The first kappa shape index (κ1) is 15.1. The van der Waals surface area contributed by atoms with E-state index in [9.17, 15) is 4.79 Å². The van der Waals surface area contributed by atoms with Gasteiger partial charge in [-0.1, -0.05) is 34.6 Å². The molecule has 0 aromatic carbocycles. The summed E-state index contributed by atoms with van der Waals surface area (Å²) in [6.45, 7) is 10.8. The van der Waals surface area contributed by atoms with Crippen LogP contribution in [0.2, 0.25) is 0 Å². The molecule has 1 aromatic heterocycles. The molecular formula is C16H26N2O2. The smallest absolute Gasteiger partial charge is 0.254 e. The molecular weight excluding hydrogens is 252 g/mol. The molecule has 1 saturated carbocycles.